The largest absolute Gasteiger partial charge is 0.355 e. The van der Waals surface area contributed by atoms with Gasteiger partial charge in [-0.05, 0) is 11.1 Å². The molecule has 2 heterocycles. The van der Waals surface area contributed by atoms with Gasteiger partial charge in [0, 0.05) is 36.1 Å². The smallest absolute Gasteiger partial charge is 0.253 e. The van der Waals surface area contributed by atoms with Crippen LogP contribution in [0.15, 0.2) is 95.1 Å². The third kappa shape index (κ3) is 5.80. The van der Waals surface area contributed by atoms with Crippen LogP contribution in [0.1, 0.15) is 34.1 Å². The predicted molar refractivity (Wildman–Crippen MR) is 149 cm³/mol. The van der Waals surface area contributed by atoms with E-state index >= 15 is 0 Å². The Balaban J connectivity index is 1.22. The standard InChI is InChI=1S/C30H28N6O4/c37-27-25(23(17-31-27)19-9-3-1-4-10-19)29(39)35-33-15-21-13-7-8-14-22(21)16-34-36-30(40)26-24(18-32-28(26)38)20-11-5-2-6-12-20/h1-16,23-26H,17-18H2,(H,31,37)(H,32,38)(H,35,39)(H,36,40)/b33-15-,34-16-/t23-,24+,25-,26-/m0/s1. The van der Waals surface area contributed by atoms with E-state index in [1.807, 2.05) is 60.7 Å². The average Bonchev–Trinajstić information content (AvgIpc) is 3.57. The summed E-state index contributed by atoms with van der Waals surface area (Å²) in [6, 6.07) is 25.9. The summed E-state index contributed by atoms with van der Waals surface area (Å²) in [5.74, 6) is -4.02. The van der Waals surface area contributed by atoms with E-state index in [-0.39, 0.29) is 23.7 Å². The van der Waals surface area contributed by atoms with E-state index in [0.717, 1.165) is 11.1 Å². The van der Waals surface area contributed by atoms with E-state index in [0.29, 0.717) is 24.2 Å². The molecule has 10 heteroatoms. The van der Waals surface area contributed by atoms with Crippen LogP contribution in [0, 0.1) is 11.8 Å². The Morgan fingerprint density at radius 3 is 1.40 bits per heavy atom. The monoisotopic (exact) mass is 536 g/mol. The lowest BCUT2D eigenvalue weighted by atomic mass is 9.88. The summed E-state index contributed by atoms with van der Waals surface area (Å²) in [4.78, 5) is 50.5. The van der Waals surface area contributed by atoms with Crippen LogP contribution in [0.5, 0.6) is 0 Å². The number of carbonyl (C=O) groups excluding carboxylic acids is 4. The Labute approximate surface area is 230 Å². The highest BCUT2D eigenvalue weighted by Gasteiger charge is 2.42. The molecule has 40 heavy (non-hydrogen) atoms. The Hall–Kier alpha value is -5.12. The Bertz CT molecular complexity index is 1350. The lowest BCUT2D eigenvalue weighted by molar-refractivity contribution is -0.135. The molecule has 2 aliphatic heterocycles. The molecule has 0 bridgehead atoms. The van der Waals surface area contributed by atoms with Crippen LogP contribution < -0.4 is 21.5 Å². The van der Waals surface area contributed by atoms with Crippen LogP contribution in [0.2, 0.25) is 0 Å². The number of nitrogens with one attached hydrogen (secondary N) is 4. The van der Waals surface area contributed by atoms with Gasteiger partial charge in [-0.15, -0.1) is 0 Å². The number of hydrazone groups is 2. The molecule has 0 radical (unpaired) electrons. The van der Waals surface area contributed by atoms with Gasteiger partial charge in [-0.3, -0.25) is 19.2 Å². The van der Waals surface area contributed by atoms with Crippen LogP contribution in [0.4, 0.5) is 0 Å². The summed E-state index contributed by atoms with van der Waals surface area (Å²) in [5, 5.41) is 13.6. The molecule has 0 aromatic heterocycles. The highest BCUT2D eigenvalue weighted by atomic mass is 16.2. The number of amides is 4. The van der Waals surface area contributed by atoms with E-state index in [9.17, 15) is 19.2 Å². The predicted octanol–water partition coefficient (Wildman–Crippen LogP) is 1.65. The van der Waals surface area contributed by atoms with E-state index in [1.54, 1.807) is 24.3 Å². The summed E-state index contributed by atoms with van der Waals surface area (Å²) in [7, 11) is 0. The van der Waals surface area contributed by atoms with Gasteiger partial charge in [0.1, 0.15) is 11.8 Å². The van der Waals surface area contributed by atoms with E-state index in [2.05, 4.69) is 31.7 Å². The number of carbonyl (C=O) groups is 4. The van der Waals surface area contributed by atoms with Crippen molar-refractivity contribution in [2.24, 2.45) is 22.0 Å². The second-order valence-corrected chi connectivity index (χ2v) is 9.58. The van der Waals surface area contributed by atoms with Crippen molar-refractivity contribution in [1.82, 2.24) is 21.5 Å². The molecule has 4 amide bonds. The first-order valence-electron chi connectivity index (χ1n) is 12.9. The van der Waals surface area contributed by atoms with Crippen LogP contribution in [-0.4, -0.2) is 49.1 Å². The molecule has 2 aliphatic rings. The number of benzene rings is 3. The SMILES string of the molecule is O=C1NC[C@H](c2ccccc2)[C@@H]1C(=O)N/N=C\c1ccccc1/C=N\NC(=O)[C@@H]1C(=O)NC[C@H]1c1ccccc1. The maximum atomic E-state index is 12.9. The van der Waals surface area contributed by atoms with Gasteiger partial charge in [0.15, 0.2) is 0 Å². The van der Waals surface area contributed by atoms with Crippen LogP contribution in [-0.2, 0) is 19.2 Å². The first-order chi connectivity index (χ1) is 19.5. The summed E-state index contributed by atoms with van der Waals surface area (Å²) in [6.07, 6.45) is 2.89. The van der Waals surface area contributed by atoms with Crippen LogP contribution in [0.3, 0.4) is 0 Å². The molecule has 3 aromatic carbocycles. The van der Waals surface area contributed by atoms with E-state index in [4.69, 9.17) is 0 Å². The second-order valence-electron chi connectivity index (χ2n) is 9.58. The van der Waals surface area contributed by atoms with Crippen molar-refractivity contribution in [1.29, 1.82) is 0 Å². The zero-order valence-corrected chi connectivity index (χ0v) is 21.5. The zero-order chi connectivity index (χ0) is 27.9. The quantitative estimate of drug-likeness (QED) is 0.197. The summed E-state index contributed by atoms with van der Waals surface area (Å²) < 4.78 is 0. The van der Waals surface area contributed by atoms with Gasteiger partial charge in [0.25, 0.3) is 11.8 Å². The molecule has 4 atom stereocenters. The molecule has 2 saturated heterocycles. The topological polar surface area (TPSA) is 141 Å². The summed E-state index contributed by atoms with van der Waals surface area (Å²) >= 11 is 0. The average molecular weight is 537 g/mol. The van der Waals surface area contributed by atoms with Crippen molar-refractivity contribution < 1.29 is 19.2 Å². The fraction of sp³-hybridized carbons (Fsp3) is 0.200. The lowest BCUT2D eigenvalue weighted by Crippen LogP contribution is -2.34. The Morgan fingerprint density at radius 1 is 0.625 bits per heavy atom. The zero-order valence-electron chi connectivity index (χ0n) is 21.5. The van der Waals surface area contributed by atoms with Crippen molar-refractivity contribution in [3.63, 3.8) is 0 Å². The maximum absolute atomic E-state index is 12.9. The van der Waals surface area contributed by atoms with E-state index < -0.39 is 23.7 Å². The maximum Gasteiger partial charge on any atom is 0.253 e. The van der Waals surface area contributed by atoms with Crippen molar-refractivity contribution in [2.75, 3.05) is 13.1 Å². The van der Waals surface area contributed by atoms with Gasteiger partial charge < -0.3 is 10.6 Å². The van der Waals surface area contributed by atoms with Crippen molar-refractivity contribution in [3.05, 3.63) is 107 Å². The first kappa shape index (κ1) is 26.5. The molecule has 0 saturated carbocycles. The van der Waals surface area contributed by atoms with Gasteiger partial charge in [-0.2, -0.15) is 10.2 Å². The first-order valence-corrected chi connectivity index (χ1v) is 12.9. The number of hydrogen-bond acceptors (Lipinski definition) is 6. The molecule has 4 N–H and O–H groups in total. The minimum absolute atomic E-state index is 0.282. The molecule has 2 fully saturated rings. The molecule has 0 spiro atoms. The van der Waals surface area contributed by atoms with Gasteiger partial charge in [-0.1, -0.05) is 84.9 Å². The van der Waals surface area contributed by atoms with Gasteiger partial charge in [0.2, 0.25) is 11.8 Å². The number of rotatable bonds is 8. The van der Waals surface area contributed by atoms with Crippen LogP contribution in [0.25, 0.3) is 0 Å². The highest BCUT2D eigenvalue weighted by molar-refractivity contribution is 6.04. The third-order valence-corrected chi connectivity index (χ3v) is 7.14. The summed E-state index contributed by atoms with van der Waals surface area (Å²) in [6.45, 7) is 0.758. The molecule has 202 valence electrons. The lowest BCUT2D eigenvalue weighted by Gasteiger charge is -2.15. The van der Waals surface area contributed by atoms with Crippen molar-refractivity contribution >= 4 is 36.1 Å². The normalized spacial score (nSPS) is 22.3. The summed E-state index contributed by atoms with van der Waals surface area (Å²) in [5.41, 5.74) is 8.00. The van der Waals surface area contributed by atoms with Gasteiger partial charge in [-0.25, -0.2) is 10.9 Å². The Morgan fingerprint density at radius 2 is 1.00 bits per heavy atom. The minimum atomic E-state index is -0.890. The third-order valence-electron chi connectivity index (χ3n) is 7.14. The number of hydrogen-bond donors (Lipinski definition) is 4. The van der Waals surface area contributed by atoms with Crippen LogP contribution >= 0.6 is 0 Å². The molecule has 0 unspecified atom stereocenters. The van der Waals surface area contributed by atoms with Gasteiger partial charge in [0.05, 0.1) is 12.4 Å². The second kappa shape index (κ2) is 12.2. The molecular weight excluding hydrogens is 508 g/mol. The Kier molecular flexibility index (Phi) is 8.05. The minimum Gasteiger partial charge on any atom is -0.355 e. The fourth-order valence-electron chi connectivity index (χ4n) is 5.08. The van der Waals surface area contributed by atoms with Crippen molar-refractivity contribution in [2.45, 2.75) is 11.8 Å². The molecule has 10 nitrogen and oxygen atoms in total. The molecule has 3 aromatic rings. The van der Waals surface area contributed by atoms with E-state index in [1.165, 1.54) is 12.4 Å². The molecule has 5 rings (SSSR count). The van der Waals surface area contributed by atoms with Gasteiger partial charge >= 0.3 is 0 Å². The van der Waals surface area contributed by atoms with Crippen molar-refractivity contribution in [3.8, 4) is 0 Å². The highest BCUT2D eigenvalue weighted by Crippen LogP contribution is 2.30. The fourth-order valence-corrected chi connectivity index (χ4v) is 5.08. The molecular formula is C30H28N6O4. The number of nitrogens with zero attached hydrogens (tertiary/aromatic N) is 2. The molecule has 0 aliphatic carbocycles.